The Hall–Kier alpha value is -2.40. The fourth-order valence-corrected chi connectivity index (χ4v) is 3.83. The van der Waals surface area contributed by atoms with Crippen molar-refractivity contribution in [3.05, 3.63) is 64.7 Å². The summed E-state index contributed by atoms with van der Waals surface area (Å²) in [7, 11) is 0. The van der Waals surface area contributed by atoms with Crippen molar-refractivity contribution in [3.8, 4) is 11.4 Å². The Balaban J connectivity index is 1.82. The van der Waals surface area contributed by atoms with Crippen LogP contribution in [0.2, 0.25) is 0 Å². The third kappa shape index (κ3) is 3.73. The summed E-state index contributed by atoms with van der Waals surface area (Å²) in [6.07, 6.45) is 0. The largest absolute Gasteiger partial charge is 0.302 e. The molecule has 0 spiro atoms. The fraction of sp³-hybridized carbons (Fsp3) is 0.286. The van der Waals surface area contributed by atoms with Crippen molar-refractivity contribution in [3.63, 3.8) is 0 Å². The standard InChI is InChI=1S/C21H23N3OS/c1-5-24-20(17-9-7-6-8-15(17)3)22-23-21(24)26-13-19(25)18-12-14(2)10-11-16(18)4/h6-12H,5,13H2,1-4H3. The number of carbonyl (C=O) groups is 1. The van der Waals surface area contributed by atoms with Crippen LogP contribution in [0.25, 0.3) is 11.4 Å². The van der Waals surface area contributed by atoms with Gasteiger partial charge in [-0.05, 0) is 44.9 Å². The maximum absolute atomic E-state index is 12.6. The molecule has 1 aromatic heterocycles. The maximum atomic E-state index is 12.6. The summed E-state index contributed by atoms with van der Waals surface area (Å²) in [6, 6.07) is 14.1. The molecule has 0 fully saturated rings. The second-order valence-electron chi connectivity index (χ2n) is 6.40. The molecule has 0 aliphatic rings. The lowest BCUT2D eigenvalue weighted by Crippen LogP contribution is -2.07. The van der Waals surface area contributed by atoms with Crippen LogP contribution in [0.15, 0.2) is 47.6 Å². The lowest BCUT2D eigenvalue weighted by molar-refractivity contribution is 0.102. The van der Waals surface area contributed by atoms with Gasteiger partial charge in [-0.15, -0.1) is 10.2 Å². The number of hydrogen-bond donors (Lipinski definition) is 0. The van der Waals surface area contributed by atoms with E-state index in [0.29, 0.717) is 5.75 Å². The summed E-state index contributed by atoms with van der Waals surface area (Å²) < 4.78 is 2.07. The highest BCUT2D eigenvalue weighted by atomic mass is 32.2. The van der Waals surface area contributed by atoms with Crippen molar-refractivity contribution in [2.75, 3.05) is 5.75 Å². The minimum atomic E-state index is 0.124. The number of rotatable bonds is 6. The Labute approximate surface area is 158 Å². The Bertz CT molecular complexity index is 946. The van der Waals surface area contributed by atoms with E-state index < -0.39 is 0 Å². The first-order valence-corrected chi connectivity index (χ1v) is 9.72. The molecule has 0 amide bonds. The van der Waals surface area contributed by atoms with Crippen LogP contribution in [0.4, 0.5) is 0 Å². The van der Waals surface area contributed by atoms with Crippen LogP contribution < -0.4 is 0 Å². The Morgan fingerprint density at radius 3 is 2.54 bits per heavy atom. The summed E-state index contributed by atoms with van der Waals surface area (Å²) in [5, 5.41) is 9.50. The van der Waals surface area contributed by atoms with Crippen molar-refractivity contribution < 1.29 is 4.79 Å². The predicted molar refractivity (Wildman–Crippen MR) is 107 cm³/mol. The molecule has 3 rings (SSSR count). The molecule has 5 heteroatoms. The minimum Gasteiger partial charge on any atom is -0.302 e. The maximum Gasteiger partial charge on any atom is 0.191 e. The molecule has 1 heterocycles. The molecule has 0 aliphatic carbocycles. The van der Waals surface area contributed by atoms with Gasteiger partial charge in [0.25, 0.3) is 0 Å². The van der Waals surface area contributed by atoms with Crippen molar-refractivity contribution in [1.82, 2.24) is 14.8 Å². The van der Waals surface area contributed by atoms with Gasteiger partial charge in [-0.3, -0.25) is 4.79 Å². The number of thioether (sulfide) groups is 1. The second-order valence-corrected chi connectivity index (χ2v) is 7.34. The van der Waals surface area contributed by atoms with Crippen molar-refractivity contribution in [2.45, 2.75) is 39.4 Å². The zero-order valence-electron chi connectivity index (χ0n) is 15.6. The fourth-order valence-electron chi connectivity index (χ4n) is 2.95. The number of Topliss-reactive ketones (excluding diaryl/α,β-unsaturated/α-hetero) is 1. The number of aryl methyl sites for hydroxylation is 3. The quantitative estimate of drug-likeness (QED) is 0.462. The normalized spacial score (nSPS) is 10.9. The summed E-state index contributed by atoms with van der Waals surface area (Å²) in [6.45, 7) is 8.88. The highest BCUT2D eigenvalue weighted by Gasteiger charge is 2.17. The summed E-state index contributed by atoms with van der Waals surface area (Å²) in [5.74, 6) is 1.34. The van der Waals surface area contributed by atoms with Gasteiger partial charge in [-0.1, -0.05) is 53.7 Å². The molecule has 4 nitrogen and oxygen atoms in total. The van der Waals surface area contributed by atoms with E-state index in [-0.39, 0.29) is 5.78 Å². The summed E-state index contributed by atoms with van der Waals surface area (Å²) in [4.78, 5) is 12.6. The first kappa shape index (κ1) is 18.4. The first-order valence-electron chi connectivity index (χ1n) is 8.73. The van der Waals surface area contributed by atoms with Gasteiger partial charge in [-0.25, -0.2) is 0 Å². The molecular weight excluding hydrogens is 342 g/mol. The van der Waals surface area contributed by atoms with E-state index in [4.69, 9.17) is 0 Å². The van der Waals surface area contributed by atoms with Gasteiger partial charge in [0.15, 0.2) is 16.8 Å². The number of benzene rings is 2. The van der Waals surface area contributed by atoms with Gasteiger partial charge >= 0.3 is 0 Å². The van der Waals surface area contributed by atoms with Crippen LogP contribution in [-0.4, -0.2) is 26.3 Å². The van der Waals surface area contributed by atoms with E-state index in [9.17, 15) is 4.79 Å². The SMILES string of the molecule is CCn1c(SCC(=O)c2cc(C)ccc2C)nnc1-c1ccccc1C. The zero-order chi connectivity index (χ0) is 18.7. The molecule has 0 bridgehead atoms. The zero-order valence-corrected chi connectivity index (χ0v) is 16.4. The van der Waals surface area contributed by atoms with Crippen LogP contribution in [0.3, 0.4) is 0 Å². The lowest BCUT2D eigenvalue weighted by Gasteiger charge is -2.09. The smallest absolute Gasteiger partial charge is 0.191 e. The van der Waals surface area contributed by atoms with Gasteiger partial charge < -0.3 is 4.57 Å². The van der Waals surface area contributed by atoms with Crippen molar-refractivity contribution in [1.29, 1.82) is 0 Å². The van der Waals surface area contributed by atoms with Crippen LogP contribution in [0.1, 0.15) is 34.0 Å². The van der Waals surface area contributed by atoms with Gasteiger partial charge in [0, 0.05) is 17.7 Å². The van der Waals surface area contributed by atoms with Crippen LogP contribution in [-0.2, 0) is 6.54 Å². The molecule has 0 saturated carbocycles. The summed E-state index contributed by atoms with van der Waals surface area (Å²) in [5.41, 5.74) is 5.15. The molecule has 3 aromatic rings. The third-order valence-electron chi connectivity index (χ3n) is 4.44. The Kier molecular flexibility index (Phi) is 5.57. The van der Waals surface area contributed by atoms with Crippen molar-refractivity contribution >= 4 is 17.5 Å². The van der Waals surface area contributed by atoms with Crippen LogP contribution in [0, 0.1) is 20.8 Å². The Morgan fingerprint density at radius 2 is 1.81 bits per heavy atom. The van der Waals surface area contributed by atoms with E-state index in [1.165, 1.54) is 11.8 Å². The highest BCUT2D eigenvalue weighted by molar-refractivity contribution is 7.99. The first-order chi connectivity index (χ1) is 12.5. The molecule has 0 radical (unpaired) electrons. The van der Waals surface area contributed by atoms with E-state index in [1.807, 2.05) is 44.2 Å². The van der Waals surface area contributed by atoms with E-state index in [1.54, 1.807) is 0 Å². The molecule has 134 valence electrons. The van der Waals surface area contributed by atoms with Crippen LogP contribution >= 0.6 is 11.8 Å². The second kappa shape index (κ2) is 7.87. The molecule has 2 aromatic carbocycles. The van der Waals surface area contributed by atoms with Gasteiger partial charge in [-0.2, -0.15) is 0 Å². The molecule has 26 heavy (non-hydrogen) atoms. The van der Waals surface area contributed by atoms with Crippen LogP contribution in [0.5, 0.6) is 0 Å². The van der Waals surface area contributed by atoms with E-state index >= 15 is 0 Å². The molecule has 0 unspecified atom stereocenters. The average Bonchev–Trinajstić information content (AvgIpc) is 3.04. The molecule has 0 N–H and O–H groups in total. The van der Waals surface area contributed by atoms with E-state index in [2.05, 4.69) is 40.7 Å². The number of carbonyl (C=O) groups excluding carboxylic acids is 1. The van der Waals surface area contributed by atoms with Gasteiger partial charge in [0.2, 0.25) is 0 Å². The number of nitrogens with zero attached hydrogens (tertiary/aromatic N) is 3. The topological polar surface area (TPSA) is 47.8 Å². The molecule has 0 aliphatic heterocycles. The highest BCUT2D eigenvalue weighted by Crippen LogP contribution is 2.27. The van der Waals surface area contributed by atoms with Gasteiger partial charge in [0.1, 0.15) is 0 Å². The van der Waals surface area contributed by atoms with Gasteiger partial charge in [0.05, 0.1) is 5.75 Å². The third-order valence-corrected chi connectivity index (χ3v) is 5.41. The predicted octanol–water partition coefficient (Wildman–Crippen LogP) is 4.87. The van der Waals surface area contributed by atoms with Crippen molar-refractivity contribution in [2.24, 2.45) is 0 Å². The number of ketones is 1. The number of hydrogen-bond acceptors (Lipinski definition) is 4. The summed E-state index contributed by atoms with van der Waals surface area (Å²) >= 11 is 1.45. The molecular formula is C21H23N3OS. The lowest BCUT2D eigenvalue weighted by atomic mass is 10.0. The minimum absolute atomic E-state index is 0.124. The molecule has 0 saturated heterocycles. The monoisotopic (exact) mass is 365 g/mol. The Morgan fingerprint density at radius 1 is 1.04 bits per heavy atom. The average molecular weight is 366 g/mol. The van der Waals surface area contributed by atoms with E-state index in [0.717, 1.165) is 45.3 Å². The molecule has 0 atom stereocenters. The number of aromatic nitrogens is 3.